The molecule has 0 saturated heterocycles. The summed E-state index contributed by atoms with van der Waals surface area (Å²) in [5.74, 6) is 0.914. The second-order valence-corrected chi connectivity index (χ2v) is 5.49. The molecule has 3 rings (SSSR count). The Labute approximate surface area is 131 Å². The van der Waals surface area contributed by atoms with Gasteiger partial charge in [0.1, 0.15) is 12.8 Å². The van der Waals surface area contributed by atoms with Crippen LogP contribution in [0.4, 0.5) is 5.69 Å². The standard InChI is InChI=1S/C20H20NO/c1-15-7-6-9-18(13-15)21(2)14-17-12-11-16-8-4-5-10-19(16)20(17)22-3/h4-14H,1-3H3/q+1. The minimum Gasteiger partial charge on any atom is -0.495 e. The number of ether oxygens (including phenoxy) is 1. The van der Waals surface area contributed by atoms with Gasteiger partial charge in [0.15, 0.2) is 6.21 Å². The van der Waals surface area contributed by atoms with E-state index in [-0.39, 0.29) is 0 Å². The van der Waals surface area contributed by atoms with Crippen LogP contribution >= 0.6 is 0 Å². The van der Waals surface area contributed by atoms with Crippen molar-refractivity contribution in [3.63, 3.8) is 0 Å². The van der Waals surface area contributed by atoms with E-state index in [1.54, 1.807) is 7.11 Å². The molecule has 0 aliphatic carbocycles. The number of rotatable bonds is 3. The fourth-order valence-electron chi connectivity index (χ4n) is 2.72. The van der Waals surface area contributed by atoms with Crippen molar-refractivity contribution in [1.29, 1.82) is 0 Å². The molecule has 0 heterocycles. The summed E-state index contributed by atoms with van der Waals surface area (Å²) in [4.78, 5) is 0. The van der Waals surface area contributed by atoms with Crippen molar-refractivity contribution in [1.82, 2.24) is 0 Å². The molecular weight excluding hydrogens is 270 g/mol. The monoisotopic (exact) mass is 290 g/mol. The van der Waals surface area contributed by atoms with Gasteiger partial charge in [-0.15, -0.1) is 0 Å². The van der Waals surface area contributed by atoms with Gasteiger partial charge in [0.05, 0.1) is 12.7 Å². The lowest BCUT2D eigenvalue weighted by Gasteiger charge is -2.08. The van der Waals surface area contributed by atoms with Gasteiger partial charge < -0.3 is 4.74 Å². The molecule has 0 aliphatic rings. The topological polar surface area (TPSA) is 12.2 Å². The molecule has 3 aromatic rings. The molecule has 0 aliphatic heterocycles. The number of nitrogens with zero attached hydrogens (tertiary/aromatic N) is 1. The lowest BCUT2D eigenvalue weighted by Crippen LogP contribution is -2.03. The van der Waals surface area contributed by atoms with Gasteiger partial charge in [-0.3, -0.25) is 0 Å². The Bertz CT molecular complexity index is 849. The van der Waals surface area contributed by atoms with Gasteiger partial charge in [0.2, 0.25) is 5.69 Å². The van der Waals surface area contributed by atoms with Gasteiger partial charge in [-0.25, -0.2) is 4.58 Å². The zero-order chi connectivity index (χ0) is 15.5. The van der Waals surface area contributed by atoms with E-state index in [0.717, 1.165) is 22.4 Å². The Hall–Kier alpha value is -2.61. The zero-order valence-corrected chi connectivity index (χ0v) is 13.2. The van der Waals surface area contributed by atoms with Crippen LogP contribution in [0.1, 0.15) is 11.1 Å². The second-order valence-electron chi connectivity index (χ2n) is 5.49. The number of hydrogen-bond acceptors (Lipinski definition) is 1. The van der Waals surface area contributed by atoms with Crippen molar-refractivity contribution in [2.45, 2.75) is 6.92 Å². The third-order valence-corrected chi connectivity index (χ3v) is 3.86. The minimum atomic E-state index is 0.914. The molecule has 0 radical (unpaired) electrons. The first-order valence-electron chi connectivity index (χ1n) is 7.39. The van der Waals surface area contributed by atoms with Crippen molar-refractivity contribution >= 4 is 22.7 Å². The van der Waals surface area contributed by atoms with Gasteiger partial charge in [0, 0.05) is 17.5 Å². The Morgan fingerprint density at radius 1 is 0.955 bits per heavy atom. The molecular formula is C20H20NO+. The van der Waals surface area contributed by atoms with Gasteiger partial charge in [-0.2, -0.15) is 0 Å². The van der Waals surface area contributed by atoms with Crippen LogP contribution < -0.4 is 4.74 Å². The molecule has 110 valence electrons. The number of fused-ring (bicyclic) bond motifs is 1. The summed E-state index contributed by atoms with van der Waals surface area (Å²) in [6.45, 7) is 2.11. The normalized spacial score (nSPS) is 11.7. The average molecular weight is 290 g/mol. The van der Waals surface area contributed by atoms with Crippen LogP contribution in [0.25, 0.3) is 10.8 Å². The molecule has 0 N–H and O–H groups in total. The Morgan fingerprint density at radius 2 is 1.77 bits per heavy atom. The number of aryl methyl sites for hydroxylation is 1. The number of benzene rings is 3. The van der Waals surface area contributed by atoms with Gasteiger partial charge in [-0.05, 0) is 23.9 Å². The summed E-state index contributed by atoms with van der Waals surface area (Å²) >= 11 is 0. The van der Waals surface area contributed by atoms with Crippen LogP contribution in [0.15, 0.2) is 60.7 Å². The Kier molecular flexibility index (Phi) is 3.92. The van der Waals surface area contributed by atoms with E-state index in [9.17, 15) is 0 Å². The highest BCUT2D eigenvalue weighted by Gasteiger charge is 2.11. The van der Waals surface area contributed by atoms with E-state index in [2.05, 4.69) is 73.3 Å². The van der Waals surface area contributed by atoms with Crippen LogP contribution in [0, 0.1) is 6.92 Å². The van der Waals surface area contributed by atoms with Crippen LogP contribution in [0.2, 0.25) is 0 Å². The molecule has 0 atom stereocenters. The fraction of sp³-hybridized carbons (Fsp3) is 0.150. The lowest BCUT2D eigenvalue weighted by atomic mass is 10.1. The van der Waals surface area contributed by atoms with E-state index < -0.39 is 0 Å². The summed E-state index contributed by atoms with van der Waals surface area (Å²) in [5, 5.41) is 2.33. The molecule has 2 nitrogen and oxygen atoms in total. The third-order valence-electron chi connectivity index (χ3n) is 3.86. The van der Waals surface area contributed by atoms with Crippen molar-refractivity contribution in [2.24, 2.45) is 0 Å². The van der Waals surface area contributed by atoms with Crippen molar-refractivity contribution in [2.75, 3.05) is 14.2 Å². The smallest absolute Gasteiger partial charge is 0.205 e. The predicted molar refractivity (Wildman–Crippen MR) is 92.7 cm³/mol. The minimum absolute atomic E-state index is 0.914. The summed E-state index contributed by atoms with van der Waals surface area (Å²) < 4.78 is 7.79. The first kappa shape index (κ1) is 14.3. The maximum Gasteiger partial charge on any atom is 0.205 e. The van der Waals surface area contributed by atoms with E-state index in [1.807, 2.05) is 12.1 Å². The molecule has 0 spiro atoms. The van der Waals surface area contributed by atoms with E-state index in [0.29, 0.717) is 0 Å². The van der Waals surface area contributed by atoms with Crippen LogP contribution in [-0.2, 0) is 0 Å². The van der Waals surface area contributed by atoms with E-state index in [1.165, 1.54) is 10.9 Å². The van der Waals surface area contributed by atoms with E-state index in [4.69, 9.17) is 4.74 Å². The molecule has 22 heavy (non-hydrogen) atoms. The lowest BCUT2D eigenvalue weighted by molar-refractivity contribution is -0.399. The molecule has 0 unspecified atom stereocenters. The zero-order valence-electron chi connectivity index (χ0n) is 13.2. The van der Waals surface area contributed by atoms with Crippen LogP contribution in [-0.4, -0.2) is 24.9 Å². The molecule has 0 aromatic heterocycles. The van der Waals surface area contributed by atoms with E-state index >= 15 is 0 Å². The SMILES string of the molecule is COc1c(C=[N+](C)c2cccc(C)c2)ccc2ccccc12. The first-order chi connectivity index (χ1) is 10.7. The second kappa shape index (κ2) is 6.02. The molecule has 0 amide bonds. The van der Waals surface area contributed by atoms with Gasteiger partial charge >= 0.3 is 0 Å². The van der Waals surface area contributed by atoms with Crippen LogP contribution in [0.3, 0.4) is 0 Å². The summed E-state index contributed by atoms with van der Waals surface area (Å²) in [6, 6.07) is 21.0. The van der Waals surface area contributed by atoms with Crippen molar-refractivity contribution in [3.8, 4) is 5.75 Å². The molecule has 0 fully saturated rings. The van der Waals surface area contributed by atoms with Crippen molar-refractivity contribution in [3.05, 3.63) is 71.8 Å². The number of hydrogen-bond donors (Lipinski definition) is 0. The molecule has 0 bridgehead atoms. The Morgan fingerprint density at radius 3 is 2.55 bits per heavy atom. The number of methoxy groups -OCH3 is 1. The quantitative estimate of drug-likeness (QED) is 0.509. The highest BCUT2D eigenvalue weighted by molar-refractivity contribution is 5.96. The first-order valence-corrected chi connectivity index (χ1v) is 7.39. The predicted octanol–water partition coefficient (Wildman–Crippen LogP) is 4.55. The van der Waals surface area contributed by atoms with Crippen LogP contribution in [0.5, 0.6) is 5.75 Å². The fourth-order valence-corrected chi connectivity index (χ4v) is 2.72. The third kappa shape index (κ3) is 2.73. The summed E-state index contributed by atoms with van der Waals surface area (Å²) in [6.07, 6.45) is 2.11. The highest BCUT2D eigenvalue weighted by Crippen LogP contribution is 2.28. The highest BCUT2D eigenvalue weighted by atomic mass is 16.5. The van der Waals surface area contributed by atoms with Crippen molar-refractivity contribution < 1.29 is 9.31 Å². The molecule has 0 saturated carbocycles. The maximum absolute atomic E-state index is 5.66. The summed E-state index contributed by atoms with van der Waals surface area (Å²) in [5.41, 5.74) is 3.49. The molecule has 2 heteroatoms. The van der Waals surface area contributed by atoms with Gasteiger partial charge in [0.25, 0.3) is 0 Å². The maximum atomic E-state index is 5.66. The largest absolute Gasteiger partial charge is 0.495 e. The van der Waals surface area contributed by atoms with Gasteiger partial charge in [-0.1, -0.05) is 42.5 Å². The average Bonchev–Trinajstić information content (AvgIpc) is 2.54. The summed E-state index contributed by atoms with van der Waals surface area (Å²) in [7, 11) is 3.79. The Balaban J connectivity index is 2.12. The molecule has 3 aromatic carbocycles.